The molecule has 0 aliphatic rings. The van der Waals surface area contributed by atoms with Crippen molar-refractivity contribution in [2.75, 3.05) is 0 Å². The van der Waals surface area contributed by atoms with Crippen LogP contribution in [0.5, 0.6) is 0 Å². The zero-order chi connectivity index (χ0) is 40.3. The number of carbonyl (C=O) groups excluding carboxylic acids is 6. The predicted octanol–water partition coefficient (Wildman–Crippen LogP) is 8.55. The molecule has 0 saturated heterocycles. The van der Waals surface area contributed by atoms with Gasteiger partial charge in [-0.2, -0.15) is 39.0 Å². The van der Waals surface area contributed by atoms with Gasteiger partial charge in [0.2, 0.25) is 0 Å². The molecule has 0 atom stereocenters. The maximum Gasteiger partial charge on any atom is 0.373 e. The second kappa shape index (κ2) is 26.0. The first-order valence-corrected chi connectivity index (χ1v) is 17.5. The Hall–Kier alpha value is -6.86. The van der Waals surface area contributed by atoms with E-state index < -0.39 is 0 Å². The second-order valence-electron chi connectivity index (χ2n) is 11.5. The van der Waals surface area contributed by atoms with E-state index in [0.29, 0.717) is 0 Å². The Kier molecular flexibility index (Phi) is 20.9. The van der Waals surface area contributed by atoms with Crippen LogP contribution < -0.4 is 0 Å². The average Bonchev–Trinajstić information content (AvgIpc) is 3.93. The van der Waals surface area contributed by atoms with Crippen LogP contribution in [0.4, 0.5) is 0 Å². The van der Waals surface area contributed by atoms with Gasteiger partial charge in [-0.1, -0.05) is 106 Å². The minimum absolute atomic E-state index is 0.250. The molecule has 10 nitrogen and oxygen atoms in total. The van der Waals surface area contributed by atoms with Gasteiger partial charge in [0.05, 0.1) is 11.4 Å². The Morgan fingerprint density at radius 2 is 0.891 bits per heavy atom. The number of aromatic nitrogens is 4. The molecule has 2 aromatic heterocycles. The van der Waals surface area contributed by atoms with Crippen LogP contribution in [0.3, 0.4) is 0 Å². The molecule has 0 unspecified atom stereocenters. The minimum Gasteiger partial charge on any atom is -0.241 e. The molecule has 0 N–H and O–H groups in total. The van der Waals surface area contributed by atoms with Crippen molar-refractivity contribution < 1.29 is 28.8 Å². The highest BCUT2D eigenvalue weighted by molar-refractivity contribution is 9.10. The van der Waals surface area contributed by atoms with Gasteiger partial charge in [0, 0.05) is 29.3 Å². The molecule has 2 heterocycles. The maximum absolute atomic E-state index is 8.12. The normalized spacial score (nSPS) is 9.09. The third-order valence-electron chi connectivity index (χ3n) is 7.69. The monoisotopic (exact) mass is 798 g/mol. The van der Waals surface area contributed by atoms with E-state index in [1.807, 2.05) is 33.9 Å². The number of aryl methyl sites for hydroxylation is 3. The van der Waals surface area contributed by atoms with E-state index >= 15 is 0 Å². The van der Waals surface area contributed by atoms with Gasteiger partial charge < -0.3 is 0 Å². The molecular formula is C44H39BrN4O6. The van der Waals surface area contributed by atoms with Crippen LogP contribution >= 0.6 is 15.9 Å². The number of nitrogens with zero attached hydrogens (tertiary/aromatic N) is 4. The summed E-state index contributed by atoms with van der Waals surface area (Å²) in [5.74, 6) is 0. The van der Waals surface area contributed by atoms with Crippen LogP contribution in [0, 0.1) is 20.8 Å². The number of benzene rings is 5. The van der Waals surface area contributed by atoms with Gasteiger partial charge in [-0.05, 0) is 116 Å². The summed E-state index contributed by atoms with van der Waals surface area (Å²) in [6.45, 7) is 6.39. The number of rotatable bonds is 6. The lowest BCUT2D eigenvalue weighted by molar-refractivity contribution is -0.193. The van der Waals surface area contributed by atoms with Crippen LogP contribution in [0.1, 0.15) is 38.9 Å². The summed E-state index contributed by atoms with van der Waals surface area (Å²) in [6.07, 6.45) is 10.2. The zero-order valence-electron chi connectivity index (χ0n) is 30.5. The molecule has 0 fully saturated rings. The molecule has 0 spiro atoms. The van der Waals surface area contributed by atoms with E-state index in [2.05, 4.69) is 168 Å². The van der Waals surface area contributed by atoms with Gasteiger partial charge in [0.25, 0.3) is 0 Å². The van der Waals surface area contributed by atoms with Gasteiger partial charge in [0.1, 0.15) is 0 Å². The first kappa shape index (κ1) is 44.3. The SMILES string of the molecule is Cc1ccc(-n2cccn2)cc1.Cc1ccc(-n2cccn2)cc1Cc1ccccc1.Cc1ccc(Br)cc1Cc1ccccc1.O=C=O.O=C=O.O=C=O. The van der Waals surface area contributed by atoms with Crippen molar-refractivity contribution in [1.82, 2.24) is 19.6 Å². The molecule has 0 aliphatic heterocycles. The molecule has 11 heteroatoms. The van der Waals surface area contributed by atoms with Crippen molar-refractivity contribution in [3.05, 3.63) is 202 Å². The van der Waals surface area contributed by atoms with Crippen molar-refractivity contribution in [3.63, 3.8) is 0 Å². The molecule has 7 aromatic rings. The Labute approximate surface area is 328 Å². The second-order valence-corrected chi connectivity index (χ2v) is 12.4. The van der Waals surface area contributed by atoms with Gasteiger partial charge >= 0.3 is 18.5 Å². The van der Waals surface area contributed by atoms with Crippen LogP contribution in [0.25, 0.3) is 11.4 Å². The Morgan fingerprint density at radius 3 is 1.33 bits per heavy atom. The van der Waals surface area contributed by atoms with E-state index in [9.17, 15) is 0 Å². The van der Waals surface area contributed by atoms with Crippen molar-refractivity contribution in [1.29, 1.82) is 0 Å². The van der Waals surface area contributed by atoms with Crippen molar-refractivity contribution >= 4 is 34.4 Å². The zero-order valence-corrected chi connectivity index (χ0v) is 32.1. The van der Waals surface area contributed by atoms with E-state index in [4.69, 9.17) is 28.8 Å². The quantitative estimate of drug-likeness (QED) is 0.163. The number of halogens is 1. The molecule has 0 radical (unpaired) electrons. The lowest BCUT2D eigenvalue weighted by atomic mass is 10.00. The van der Waals surface area contributed by atoms with Crippen molar-refractivity contribution in [3.8, 4) is 11.4 Å². The summed E-state index contributed by atoms with van der Waals surface area (Å²) < 4.78 is 4.90. The van der Waals surface area contributed by atoms with Crippen molar-refractivity contribution in [2.24, 2.45) is 0 Å². The average molecular weight is 800 g/mol. The molecule has 0 bridgehead atoms. The molecule has 7 rings (SSSR count). The summed E-state index contributed by atoms with van der Waals surface area (Å²) in [7, 11) is 0. The highest BCUT2D eigenvalue weighted by Gasteiger charge is 2.04. The predicted molar refractivity (Wildman–Crippen MR) is 209 cm³/mol. The molecule has 5 aromatic carbocycles. The van der Waals surface area contributed by atoms with Gasteiger partial charge in [0.15, 0.2) is 0 Å². The molecule has 278 valence electrons. The van der Waals surface area contributed by atoms with E-state index in [1.165, 1.54) is 38.9 Å². The Morgan fingerprint density at radius 1 is 0.491 bits per heavy atom. The topological polar surface area (TPSA) is 138 Å². The molecule has 0 aliphatic carbocycles. The van der Waals surface area contributed by atoms with E-state index in [0.717, 1.165) is 28.7 Å². The smallest absolute Gasteiger partial charge is 0.241 e. The Bertz CT molecular complexity index is 2180. The summed E-state index contributed by atoms with van der Waals surface area (Å²) in [4.78, 5) is 48.8. The summed E-state index contributed by atoms with van der Waals surface area (Å²) >= 11 is 3.51. The third-order valence-corrected chi connectivity index (χ3v) is 8.18. The van der Waals surface area contributed by atoms with Gasteiger partial charge in [-0.25, -0.2) is 9.36 Å². The summed E-state index contributed by atoms with van der Waals surface area (Å²) in [5.41, 5.74) is 11.6. The fourth-order valence-corrected chi connectivity index (χ4v) is 5.40. The van der Waals surface area contributed by atoms with Crippen LogP contribution in [0.2, 0.25) is 0 Å². The Balaban J connectivity index is 0.000000262. The molecule has 55 heavy (non-hydrogen) atoms. The first-order valence-electron chi connectivity index (χ1n) is 16.7. The van der Waals surface area contributed by atoms with Crippen LogP contribution in [0.15, 0.2) is 163 Å². The number of hydrogen-bond acceptors (Lipinski definition) is 8. The first-order chi connectivity index (χ1) is 26.7. The molecule has 0 amide bonds. The molecular weight excluding hydrogens is 760 g/mol. The number of hydrogen-bond donors (Lipinski definition) is 0. The van der Waals surface area contributed by atoms with Crippen LogP contribution in [-0.4, -0.2) is 38.0 Å². The highest BCUT2D eigenvalue weighted by atomic mass is 79.9. The fraction of sp³-hybridized carbons (Fsp3) is 0.114. The molecule has 0 saturated carbocycles. The summed E-state index contributed by atoms with van der Waals surface area (Å²) in [5, 5.41) is 8.41. The van der Waals surface area contributed by atoms with Gasteiger partial charge in [-0.3, -0.25) is 0 Å². The van der Waals surface area contributed by atoms with E-state index in [1.54, 1.807) is 12.4 Å². The fourth-order valence-electron chi connectivity index (χ4n) is 4.99. The highest BCUT2D eigenvalue weighted by Crippen LogP contribution is 2.20. The standard InChI is InChI=1S/C17H16N2.C14H13Br.C10H10N2.3CO2/c1-14-8-9-17(19-11-5-10-18-19)13-16(14)12-15-6-3-2-4-7-15;1-11-7-8-14(15)10-13(11)9-12-5-3-2-4-6-12;1-9-3-5-10(6-4-9)12-8-2-7-11-12;3*2-1-3/h2-11,13H,12H2,1H3;2-8,10H,9H2,1H3;2-8H,1H3;;;. The van der Waals surface area contributed by atoms with E-state index in [-0.39, 0.29) is 18.5 Å². The largest absolute Gasteiger partial charge is 0.373 e. The maximum atomic E-state index is 8.12. The van der Waals surface area contributed by atoms with Crippen LogP contribution in [-0.2, 0) is 41.6 Å². The summed E-state index contributed by atoms with van der Waals surface area (Å²) in [6, 6.07) is 46.2. The van der Waals surface area contributed by atoms with Gasteiger partial charge in [-0.15, -0.1) is 0 Å². The lowest BCUT2D eigenvalue weighted by Gasteiger charge is -2.09. The lowest BCUT2D eigenvalue weighted by Crippen LogP contribution is -1.98. The third kappa shape index (κ3) is 17.0. The minimum atomic E-state index is 0.250. The van der Waals surface area contributed by atoms with Crippen molar-refractivity contribution in [2.45, 2.75) is 33.6 Å².